The Bertz CT molecular complexity index is 1320. The Kier molecular flexibility index (Phi) is 5.20. The van der Waals surface area contributed by atoms with Gasteiger partial charge in [0.2, 0.25) is 5.43 Å². The molecular weight excluding hydrogens is 461 g/mol. The summed E-state index contributed by atoms with van der Waals surface area (Å²) in [5.74, 6) is -4.35. The lowest BCUT2D eigenvalue weighted by molar-refractivity contribution is -0.112. The second kappa shape index (κ2) is 7.96. The van der Waals surface area contributed by atoms with Gasteiger partial charge < -0.3 is 19.3 Å². The van der Waals surface area contributed by atoms with Crippen molar-refractivity contribution < 1.29 is 27.8 Å². The summed E-state index contributed by atoms with van der Waals surface area (Å²) in [7, 11) is 0. The van der Waals surface area contributed by atoms with E-state index in [4.69, 9.17) is 4.74 Å². The van der Waals surface area contributed by atoms with Crippen molar-refractivity contribution >= 4 is 17.2 Å². The molecule has 0 spiro atoms. The molecule has 4 heterocycles. The molecule has 1 saturated heterocycles. The summed E-state index contributed by atoms with van der Waals surface area (Å²) in [6.07, 6.45) is 1.22. The molecular formula is C21H17F3N4O4S. The third-order valence-corrected chi connectivity index (χ3v) is 6.76. The van der Waals surface area contributed by atoms with Gasteiger partial charge in [-0.05, 0) is 13.3 Å². The minimum Gasteiger partial charge on any atom is -0.503 e. The number of fused-ring (bicyclic) bond motifs is 2. The zero-order valence-corrected chi connectivity index (χ0v) is 18.0. The van der Waals surface area contributed by atoms with Gasteiger partial charge in [0.25, 0.3) is 5.91 Å². The van der Waals surface area contributed by atoms with E-state index in [1.54, 1.807) is 0 Å². The van der Waals surface area contributed by atoms with E-state index in [9.17, 15) is 27.9 Å². The van der Waals surface area contributed by atoms with Crippen LogP contribution in [0.5, 0.6) is 5.75 Å². The maximum absolute atomic E-state index is 14.0. The third kappa shape index (κ3) is 3.59. The first-order valence-corrected chi connectivity index (χ1v) is 10.9. The Hall–Kier alpha value is -3.25. The van der Waals surface area contributed by atoms with Gasteiger partial charge >= 0.3 is 0 Å². The molecule has 1 N–H and O–H groups in total. The number of pyridine rings is 1. The summed E-state index contributed by atoms with van der Waals surface area (Å²) < 4.78 is 48.2. The van der Waals surface area contributed by atoms with Crippen LogP contribution in [0.1, 0.15) is 34.4 Å². The highest BCUT2D eigenvalue weighted by Gasteiger charge is 2.40. The quantitative estimate of drug-likeness (QED) is 0.622. The van der Waals surface area contributed by atoms with E-state index in [1.807, 2.05) is 6.92 Å². The van der Waals surface area contributed by atoms with E-state index in [2.05, 4.69) is 10.2 Å². The molecule has 5 rings (SSSR count). The summed E-state index contributed by atoms with van der Waals surface area (Å²) in [5, 5.41) is 18.7. The number of hydrogen-bond acceptors (Lipinski definition) is 7. The molecule has 0 bridgehead atoms. The number of nitrogens with zero attached hydrogens (tertiary/aromatic N) is 4. The highest BCUT2D eigenvalue weighted by atomic mass is 32.1. The SMILES string of the molecule is C[C@@H]1CCO[C@H]2Cn3cc(-c4nnc(Cc5c(F)cc(F)cc5F)s4)c(=O)c(O)c3C(=O)N12. The second-order valence-corrected chi connectivity index (χ2v) is 8.98. The maximum Gasteiger partial charge on any atom is 0.276 e. The summed E-state index contributed by atoms with van der Waals surface area (Å²) in [6.45, 7) is 2.58. The first-order valence-electron chi connectivity index (χ1n) is 10.1. The Balaban J connectivity index is 1.51. The normalized spacial score (nSPS) is 20.0. The Morgan fingerprint density at radius 2 is 1.94 bits per heavy atom. The smallest absolute Gasteiger partial charge is 0.276 e. The van der Waals surface area contributed by atoms with Gasteiger partial charge in [-0.1, -0.05) is 11.3 Å². The van der Waals surface area contributed by atoms with Crippen LogP contribution < -0.4 is 5.43 Å². The van der Waals surface area contributed by atoms with Crippen molar-refractivity contribution in [2.24, 2.45) is 0 Å². The van der Waals surface area contributed by atoms with E-state index in [0.717, 1.165) is 11.3 Å². The van der Waals surface area contributed by atoms with Gasteiger partial charge in [-0.2, -0.15) is 0 Å². The number of ether oxygens (including phenoxy) is 1. The lowest BCUT2D eigenvalue weighted by Gasteiger charge is -2.44. The highest BCUT2D eigenvalue weighted by molar-refractivity contribution is 7.14. The summed E-state index contributed by atoms with van der Waals surface area (Å²) >= 11 is 0.900. The molecule has 0 saturated carbocycles. The van der Waals surface area contributed by atoms with Crippen molar-refractivity contribution in [3.8, 4) is 16.3 Å². The molecule has 0 aliphatic carbocycles. The van der Waals surface area contributed by atoms with E-state index in [0.29, 0.717) is 25.2 Å². The van der Waals surface area contributed by atoms with Crippen molar-refractivity contribution in [2.75, 3.05) is 6.61 Å². The largest absolute Gasteiger partial charge is 0.503 e. The molecule has 2 atom stereocenters. The number of benzene rings is 1. The number of amides is 1. The molecule has 1 aromatic carbocycles. The standard InChI is InChI=1S/C21H17F3N4O4S/c1-9-2-3-32-16-8-27-7-12(18(29)19(30)17(27)21(31)28(9)16)20-26-25-15(33-20)6-11-13(23)4-10(22)5-14(11)24/h4-5,7,9,16,30H,2-3,6,8H2,1H3/t9-,16+/m1/s1. The molecule has 1 amide bonds. The molecule has 33 heavy (non-hydrogen) atoms. The molecule has 1 fully saturated rings. The third-order valence-electron chi connectivity index (χ3n) is 5.81. The van der Waals surface area contributed by atoms with E-state index in [1.165, 1.54) is 15.7 Å². The Morgan fingerprint density at radius 1 is 1.21 bits per heavy atom. The molecule has 2 aromatic heterocycles. The van der Waals surface area contributed by atoms with Crippen LogP contribution in [0, 0.1) is 17.5 Å². The number of carbonyl (C=O) groups excluding carboxylic acids is 1. The number of rotatable bonds is 3. The van der Waals surface area contributed by atoms with Crippen LogP contribution in [0.15, 0.2) is 23.1 Å². The summed E-state index contributed by atoms with van der Waals surface area (Å²) in [6, 6.07) is 1.04. The number of carbonyl (C=O) groups is 1. The molecule has 2 aliphatic rings. The number of aromatic nitrogens is 3. The minimum atomic E-state index is -1.06. The predicted molar refractivity (Wildman–Crippen MR) is 110 cm³/mol. The van der Waals surface area contributed by atoms with Gasteiger partial charge in [-0.25, -0.2) is 13.2 Å². The van der Waals surface area contributed by atoms with Crippen LogP contribution in [0.2, 0.25) is 0 Å². The Labute approximate surface area is 188 Å². The number of aromatic hydroxyl groups is 1. The second-order valence-electron chi connectivity index (χ2n) is 7.92. The first kappa shape index (κ1) is 21.6. The van der Waals surface area contributed by atoms with Crippen LogP contribution in [-0.4, -0.2) is 49.6 Å². The fraction of sp³-hybridized carbons (Fsp3) is 0.333. The molecule has 8 nitrogen and oxygen atoms in total. The van der Waals surface area contributed by atoms with Gasteiger partial charge in [-0.3, -0.25) is 9.59 Å². The predicted octanol–water partition coefficient (Wildman–Crippen LogP) is 2.67. The van der Waals surface area contributed by atoms with Crippen LogP contribution in [0.4, 0.5) is 13.2 Å². The summed E-state index contributed by atoms with van der Waals surface area (Å²) in [5.41, 5.74) is -1.32. The highest BCUT2D eigenvalue weighted by Crippen LogP contribution is 2.32. The number of halogens is 3. The molecule has 3 aromatic rings. The first-order chi connectivity index (χ1) is 15.7. The van der Waals surface area contributed by atoms with Crippen molar-refractivity contribution in [1.82, 2.24) is 19.7 Å². The van der Waals surface area contributed by atoms with E-state index >= 15 is 0 Å². The zero-order chi connectivity index (χ0) is 23.4. The van der Waals surface area contributed by atoms with Crippen molar-refractivity contribution in [3.05, 3.63) is 62.3 Å². The Morgan fingerprint density at radius 3 is 2.67 bits per heavy atom. The fourth-order valence-corrected chi connectivity index (χ4v) is 5.00. The molecule has 2 aliphatic heterocycles. The molecule has 12 heteroatoms. The monoisotopic (exact) mass is 478 g/mol. The van der Waals surface area contributed by atoms with Crippen molar-refractivity contribution in [1.29, 1.82) is 0 Å². The van der Waals surface area contributed by atoms with Crippen molar-refractivity contribution in [2.45, 2.75) is 38.6 Å². The maximum atomic E-state index is 14.0. The fourth-order valence-electron chi connectivity index (χ4n) is 4.14. The molecule has 0 unspecified atom stereocenters. The van der Waals surface area contributed by atoms with E-state index < -0.39 is 40.8 Å². The van der Waals surface area contributed by atoms with Crippen molar-refractivity contribution in [3.63, 3.8) is 0 Å². The van der Waals surface area contributed by atoms with E-state index in [-0.39, 0.29) is 45.8 Å². The van der Waals surface area contributed by atoms with Crippen LogP contribution in [0.25, 0.3) is 10.6 Å². The topological polar surface area (TPSA) is 97.5 Å². The average Bonchev–Trinajstić information content (AvgIpc) is 3.21. The van der Waals surface area contributed by atoms with Gasteiger partial charge in [0.05, 0.1) is 18.7 Å². The van der Waals surface area contributed by atoms with Gasteiger partial charge in [0, 0.05) is 36.4 Å². The molecule has 172 valence electrons. The average molecular weight is 478 g/mol. The van der Waals surface area contributed by atoms with Crippen LogP contribution in [-0.2, 0) is 17.7 Å². The van der Waals surface area contributed by atoms with Crippen LogP contribution in [0.3, 0.4) is 0 Å². The number of hydrogen-bond donors (Lipinski definition) is 1. The lowest BCUT2D eigenvalue weighted by Crippen LogP contribution is -2.56. The lowest BCUT2D eigenvalue weighted by atomic mass is 10.1. The minimum absolute atomic E-state index is 0.00911. The molecule has 0 radical (unpaired) electrons. The summed E-state index contributed by atoms with van der Waals surface area (Å²) in [4.78, 5) is 27.4. The zero-order valence-electron chi connectivity index (χ0n) is 17.2. The van der Waals surface area contributed by atoms with Gasteiger partial charge in [0.1, 0.15) is 22.5 Å². The van der Waals surface area contributed by atoms with Gasteiger partial charge in [-0.15, -0.1) is 10.2 Å². The van der Waals surface area contributed by atoms with Gasteiger partial charge in [0.15, 0.2) is 22.7 Å². The van der Waals surface area contributed by atoms with Crippen LogP contribution >= 0.6 is 11.3 Å².